The largest absolute Gasteiger partial charge is 0.465 e. The molecule has 0 N–H and O–H groups in total. The van der Waals surface area contributed by atoms with Crippen molar-refractivity contribution in [2.45, 2.75) is 32.1 Å². The van der Waals surface area contributed by atoms with Gasteiger partial charge in [-0.1, -0.05) is 19.3 Å². The Labute approximate surface area is 168 Å². The number of non-ortho nitro benzene ring substituents is 1. The first-order valence-electron chi connectivity index (χ1n) is 9.71. The topological polar surface area (TPSA) is 116 Å². The van der Waals surface area contributed by atoms with Gasteiger partial charge in [0.1, 0.15) is 0 Å². The normalized spacial score (nSPS) is 21.1. The molecule has 1 heterocycles. The number of amides is 1. The number of benzene rings is 1. The minimum atomic E-state index is -0.903. The SMILES string of the molecule is COC(=O)c1cc(C(=O)OCC(=O)N2CC[C@H]3CCCC[C@@H]3C2)cc([N+](=O)[O-])c1. The number of piperidine rings is 1. The predicted molar refractivity (Wildman–Crippen MR) is 101 cm³/mol. The summed E-state index contributed by atoms with van der Waals surface area (Å²) in [6.07, 6.45) is 5.75. The van der Waals surface area contributed by atoms with Crippen molar-refractivity contribution in [3.05, 3.63) is 39.4 Å². The molecule has 0 spiro atoms. The molecular weight excluding hydrogens is 380 g/mol. The molecule has 1 saturated heterocycles. The van der Waals surface area contributed by atoms with E-state index >= 15 is 0 Å². The number of hydrogen-bond acceptors (Lipinski definition) is 7. The third kappa shape index (κ3) is 4.90. The van der Waals surface area contributed by atoms with E-state index < -0.39 is 29.2 Å². The van der Waals surface area contributed by atoms with Gasteiger partial charge >= 0.3 is 11.9 Å². The van der Waals surface area contributed by atoms with Gasteiger partial charge in [-0.15, -0.1) is 0 Å². The van der Waals surface area contributed by atoms with Gasteiger partial charge in [-0.3, -0.25) is 14.9 Å². The first kappa shape index (κ1) is 20.8. The maximum atomic E-state index is 12.5. The number of carbonyl (C=O) groups is 3. The lowest BCUT2D eigenvalue weighted by molar-refractivity contribution is -0.384. The Morgan fingerprint density at radius 2 is 1.72 bits per heavy atom. The van der Waals surface area contributed by atoms with Gasteiger partial charge in [0.15, 0.2) is 6.61 Å². The van der Waals surface area contributed by atoms with Gasteiger partial charge in [-0.25, -0.2) is 9.59 Å². The van der Waals surface area contributed by atoms with E-state index in [0.29, 0.717) is 24.9 Å². The first-order chi connectivity index (χ1) is 13.9. The number of hydrogen-bond donors (Lipinski definition) is 0. The minimum absolute atomic E-state index is 0.139. The van der Waals surface area contributed by atoms with Gasteiger partial charge in [-0.05, 0) is 30.7 Å². The second-order valence-corrected chi connectivity index (χ2v) is 7.53. The quantitative estimate of drug-likeness (QED) is 0.421. The summed E-state index contributed by atoms with van der Waals surface area (Å²) in [6.45, 7) is 0.900. The molecule has 29 heavy (non-hydrogen) atoms. The van der Waals surface area contributed by atoms with Gasteiger partial charge in [0.2, 0.25) is 0 Å². The molecule has 2 atom stereocenters. The molecule has 1 amide bonds. The summed E-state index contributed by atoms with van der Waals surface area (Å²) in [6, 6.07) is 3.17. The number of nitro benzene ring substituents is 1. The number of nitrogens with zero attached hydrogens (tertiary/aromatic N) is 2. The monoisotopic (exact) mass is 404 g/mol. The summed E-state index contributed by atoms with van der Waals surface area (Å²) < 4.78 is 9.63. The Morgan fingerprint density at radius 3 is 2.38 bits per heavy atom. The van der Waals surface area contributed by atoms with Crippen LogP contribution in [0.5, 0.6) is 0 Å². The van der Waals surface area contributed by atoms with Crippen LogP contribution in [0.2, 0.25) is 0 Å². The lowest BCUT2D eigenvalue weighted by Gasteiger charge is -2.41. The van der Waals surface area contributed by atoms with Crippen molar-refractivity contribution >= 4 is 23.5 Å². The molecule has 9 heteroatoms. The number of rotatable bonds is 5. The summed E-state index contributed by atoms with van der Waals surface area (Å²) in [7, 11) is 1.13. The fourth-order valence-electron chi connectivity index (χ4n) is 4.20. The summed E-state index contributed by atoms with van der Waals surface area (Å²) in [5.41, 5.74) is -0.761. The van der Waals surface area contributed by atoms with Crippen molar-refractivity contribution < 1.29 is 28.8 Å². The van der Waals surface area contributed by atoms with Crippen LogP contribution < -0.4 is 0 Å². The Morgan fingerprint density at radius 1 is 1.07 bits per heavy atom. The Bertz CT molecular complexity index is 823. The molecule has 9 nitrogen and oxygen atoms in total. The zero-order valence-corrected chi connectivity index (χ0v) is 16.3. The number of esters is 2. The number of carbonyl (C=O) groups excluding carboxylic acids is 3. The zero-order chi connectivity index (χ0) is 21.0. The first-order valence-corrected chi connectivity index (χ1v) is 9.71. The summed E-state index contributed by atoms with van der Waals surface area (Å²) >= 11 is 0. The van der Waals surface area contributed by atoms with Crippen molar-refractivity contribution in [2.75, 3.05) is 26.8 Å². The number of nitro groups is 1. The van der Waals surface area contributed by atoms with Crippen molar-refractivity contribution in [3.63, 3.8) is 0 Å². The average molecular weight is 404 g/mol. The number of likely N-dealkylation sites (tertiary alicyclic amines) is 1. The Balaban J connectivity index is 1.62. The maximum absolute atomic E-state index is 12.5. The van der Waals surface area contributed by atoms with Gasteiger partial charge < -0.3 is 14.4 Å². The molecule has 1 aliphatic carbocycles. The highest BCUT2D eigenvalue weighted by atomic mass is 16.6. The molecular formula is C20H24N2O7. The standard InChI is InChI=1S/C20H24N2O7/c1-28-19(24)15-8-16(10-17(9-15)22(26)27)20(25)29-12-18(23)21-7-6-13-4-2-3-5-14(13)11-21/h8-10,13-14H,2-7,11-12H2,1H3/t13-,14-/m1/s1. The molecule has 2 fully saturated rings. The minimum Gasteiger partial charge on any atom is -0.465 e. The third-order valence-electron chi connectivity index (χ3n) is 5.76. The van der Waals surface area contributed by atoms with Crippen LogP contribution in [0.3, 0.4) is 0 Å². The van der Waals surface area contributed by atoms with E-state index in [1.165, 1.54) is 19.3 Å². The number of ether oxygens (including phenoxy) is 2. The molecule has 0 radical (unpaired) electrons. The van der Waals surface area contributed by atoms with Crippen LogP contribution >= 0.6 is 0 Å². The van der Waals surface area contributed by atoms with Gasteiger partial charge in [0.05, 0.1) is 23.2 Å². The number of fused-ring (bicyclic) bond motifs is 1. The maximum Gasteiger partial charge on any atom is 0.338 e. The summed E-state index contributed by atoms with van der Waals surface area (Å²) in [4.78, 5) is 48.6. The smallest absolute Gasteiger partial charge is 0.338 e. The van der Waals surface area contributed by atoms with Crippen molar-refractivity contribution in [1.29, 1.82) is 0 Å². The summed E-state index contributed by atoms with van der Waals surface area (Å²) in [5.74, 6) is -0.802. The van der Waals surface area contributed by atoms with E-state index in [-0.39, 0.29) is 17.0 Å². The molecule has 3 rings (SSSR count). The van der Waals surface area contributed by atoms with Crippen LogP contribution in [0.1, 0.15) is 52.8 Å². The number of methoxy groups -OCH3 is 1. The van der Waals surface area contributed by atoms with E-state index in [2.05, 4.69) is 4.74 Å². The van der Waals surface area contributed by atoms with E-state index in [1.807, 2.05) is 0 Å². The molecule has 1 aromatic carbocycles. The van der Waals surface area contributed by atoms with Crippen LogP contribution in [0.25, 0.3) is 0 Å². The fourth-order valence-corrected chi connectivity index (χ4v) is 4.20. The molecule has 1 saturated carbocycles. The lowest BCUT2D eigenvalue weighted by atomic mass is 9.75. The summed E-state index contributed by atoms with van der Waals surface area (Å²) in [5, 5.41) is 11.1. The lowest BCUT2D eigenvalue weighted by Crippen LogP contribution is -2.46. The van der Waals surface area contributed by atoms with Crippen molar-refractivity contribution in [2.24, 2.45) is 11.8 Å². The molecule has 0 bridgehead atoms. The molecule has 0 aromatic heterocycles. The van der Waals surface area contributed by atoms with Crippen LogP contribution in [0.4, 0.5) is 5.69 Å². The van der Waals surface area contributed by atoms with E-state index in [9.17, 15) is 24.5 Å². The highest BCUT2D eigenvalue weighted by Crippen LogP contribution is 2.36. The highest BCUT2D eigenvalue weighted by Gasteiger charge is 2.33. The predicted octanol–water partition coefficient (Wildman–Crippen LogP) is 2.58. The average Bonchev–Trinajstić information content (AvgIpc) is 2.75. The zero-order valence-electron chi connectivity index (χ0n) is 16.3. The van der Waals surface area contributed by atoms with E-state index in [4.69, 9.17) is 4.74 Å². The van der Waals surface area contributed by atoms with E-state index in [1.54, 1.807) is 4.90 Å². The molecule has 156 valence electrons. The molecule has 1 aliphatic heterocycles. The highest BCUT2D eigenvalue weighted by molar-refractivity contribution is 5.97. The van der Waals surface area contributed by atoms with Crippen LogP contribution in [-0.2, 0) is 14.3 Å². The van der Waals surface area contributed by atoms with Gasteiger partial charge in [0.25, 0.3) is 11.6 Å². The fraction of sp³-hybridized carbons (Fsp3) is 0.550. The Kier molecular flexibility index (Phi) is 6.46. The Hall–Kier alpha value is -2.97. The van der Waals surface area contributed by atoms with E-state index in [0.717, 1.165) is 38.2 Å². The van der Waals surface area contributed by atoms with Gasteiger partial charge in [-0.2, -0.15) is 0 Å². The molecule has 0 unspecified atom stereocenters. The van der Waals surface area contributed by atoms with Crippen LogP contribution in [0, 0.1) is 22.0 Å². The van der Waals surface area contributed by atoms with Crippen molar-refractivity contribution in [3.8, 4) is 0 Å². The van der Waals surface area contributed by atoms with Crippen molar-refractivity contribution in [1.82, 2.24) is 4.90 Å². The second kappa shape index (κ2) is 9.02. The van der Waals surface area contributed by atoms with Crippen LogP contribution in [-0.4, -0.2) is 54.5 Å². The van der Waals surface area contributed by atoms with Gasteiger partial charge in [0, 0.05) is 25.2 Å². The third-order valence-corrected chi connectivity index (χ3v) is 5.76. The molecule has 1 aromatic rings. The van der Waals surface area contributed by atoms with Crippen LogP contribution in [0.15, 0.2) is 18.2 Å². The molecule has 2 aliphatic rings. The second-order valence-electron chi connectivity index (χ2n) is 7.53.